The van der Waals surface area contributed by atoms with Crippen LogP contribution in [0, 0.1) is 0 Å². The Balaban J connectivity index is 1.83. The number of hydrogen-bond donors (Lipinski definition) is 2. The topological polar surface area (TPSA) is 58.2 Å². The van der Waals surface area contributed by atoms with E-state index in [9.17, 15) is 8.42 Å². The lowest BCUT2D eigenvalue weighted by Crippen LogP contribution is -2.39. The van der Waals surface area contributed by atoms with Crippen LogP contribution in [0.5, 0.6) is 0 Å². The van der Waals surface area contributed by atoms with E-state index in [1.807, 2.05) is 0 Å². The molecule has 0 aromatic heterocycles. The van der Waals surface area contributed by atoms with Crippen LogP contribution in [0.2, 0.25) is 0 Å². The number of nitrogens with one attached hydrogen (secondary N) is 2. The molecule has 1 atom stereocenters. The standard InChI is InChI=1S/C14H21BrN2O2S/c1-2-17-20(18,19)8-7-16-14-6-4-11-9-13(15)5-3-12(11)10-14/h3,5,9,14,16-17H,2,4,6-8,10H2,1H3. The second-order valence-electron chi connectivity index (χ2n) is 5.12. The first-order valence-electron chi connectivity index (χ1n) is 6.98. The van der Waals surface area contributed by atoms with Crippen LogP contribution >= 0.6 is 15.9 Å². The summed E-state index contributed by atoms with van der Waals surface area (Å²) in [6.45, 7) is 2.75. The molecule has 0 fully saturated rings. The predicted octanol–water partition coefficient (Wildman–Crippen LogP) is 1.84. The van der Waals surface area contributed by atoms with Gasteiger partial charge in [-0.15, -0.1) is 0 Å². The SMILES string of the molecule is CCNS(=O)(=O)CCNC1CCc2cc(Br)ccc2C1. The fourth-order valence-electron chi connectivity index (χ4n) is 2.59. The van der Waals surface area contributed by atoms with Crippen molar-refractivity contribution in [3.8, 4) is 0 Å². The van der Waals surface area contributed by atoms with Crippen LogP contribution < -0.4 is 10.0 Å². The first-order chi connectivity index (χ1) is 9.50. The first-order valence-corrected chi connectivity index (χ1v) is 9.42. The van der Waals surface area contributed by atoms with Gasteiger partial charge in [-0.2, -0.15) is 0 Å². The van der Waals surface area contributed by atoms with Crippen molar-refractivity contribution in [1.29, 1.82) is 0 Å². The van der Waals surface area contributed by atoms with E-state index in [1.54, 1.807) is 6.92 Å². The van der Waals surface area contributed by atoms with E-state index < -0.39 is 10.0 Å². The van der Waals surface area contributed by atoms with E-state index in [1.165, 1.54) is 11.1 Å². The van der Waals surface area contributed by atoms with Crippen LogP contribution in [0.3, 0.4) is 0 Å². The molecule has 20 heavy (non-hydrogen) atoms. The second-order valence-corrected chi connectivity index (χ2v) is 7.97. The molecule has 0 bridgehead atoms. The van der Waals surface area contributed by atoms with Crippen LogP contribution in [0.4, 0.5) is 0 Å². The molecular formula is C14H21BrN2O2S. The summed E-state index contributed by atoms with van der Waals surface area (Å²) in [7, 11) is -3.12. The molecule has 112 valence electrons. The maximum absolute atomic E-state index is 11.6. The molecule has 0 heterocycles. The highest BCUT2D eigenvalue weighted by atomic mass is 79.9. The first kappa shape index (κ1) is 15.9. The Morgan fingerprint density at radius 3 is 2.90 bits per heavy atom. The lowest BCUT2D eigenvalue weighted by atomic mass is 9.88. The molecule has 4 nitrogen and oxygen atoms in total. The third kappa shape index (κ3) is 4.55. The molecule has 1 aromatic carbocycles. The molecule has 2 N–H and O–H groups in total. The summed E-state index contributed by atoms with van der Waals surface area (Å²) in [5, 5.41) is 3.36. The zero-order valence-corrected chi connectivity index (χ0v) is 14.1. The maximum Gasteiger partial charge on any atom is 0.212 e. The van der Waals surface area contributed by atoms with Gasteiger partial charge in [0.25, 0.3) is 0 Å². The minimum atomic E-state index is -3.12. The number of sulfonamides is 1. The van der Waals surface area contributed by atoms with Crippen molar-refractivity contribution < 1.29 is 8.42 Å². The van der Waals surface area contributed by atoms with E-state index in [0.29, 0.717) is 19.1 Å². The van der Waals surface area contributed by atoms with Gasteiger partial charge in [-0.3, -0.25) is 0 Å². The molecule has 6 heteroatoms. The predicted molar refractivity (Wildman–Crippen MR) is 85.4 cm³/mol. The Bertz CT molecular complexity index is 560. The zero-order valence-electron chi connectivity index (χ0n) is 11.7. The maximum atomic E-state index is 11.6. The molecule has 1 unspecified atom stereocenters. The van der Waals surface area contributed by atoms with Crippen molar-refractivity contribution in [2.24, 2.45) is 0 Å². The monoisotopic (exact) mass is 360 g/mol. The van der Waals surface area contributed by atoms with Crippen LogP contribution in [0.1, 0.15) is 24.5 Å². The van der Waals surface area contributed by atoms with Gasteiger partial charge in [0, 0.05) is 23.6 Å². The minimum Gasteiger partial charge on any atom is -0.313 e. The van der Waals surface area contributed by atoms with E-state index in [2.05, 4.69) is 44.2 Å². The zero-order chi connectivity index (χ0) is 14.6. The summed E-state index contributed by atoms with van der Waals surface area (Å²) in [6, 6.07) is 6.78. The van der Waals surface area contributed by atoms with Gasteiger partial charge in [-0.25, -0.2) is 13.1 Å². The average Bonchev–Trinajstić information content (AvgIpc) is 2.38. The van der Waals surface area contributed by atoms with Crippen molar-refractivity contribution in [3.05, 3.63) is 33.8 Å². The van der Waals surface area contributed by atoms with Gasteiger partial charge in [0.1, 0.15) is 0 Å². The third-order valence-corrected chi connectivity index (χ3v) is 5.53. The average molecular weight is 361 g/mol. The van der Waals surface area contributed by atoms with Crippen molar-refractivity contribution in [3.63, 3.8) is 0 Å². The van der Waals surface area contributed by atoms with Crippen LogP contribution in [-0.2, 0) is 22.9 Å². The summed E-state index contributed by atoms with van der Waals surface area (Å²) < 4.78 is 26.7. The molecular weight excluding hydrogens is 340 g/mol. The number of aryl methyl sites for hydroxylation is 1. The van der Waals surface area contributed by atoms with Gasteiger partial charge >= 0.3 is 0 Å². The smallest absolute Gasteiger partial charge is 0.212 e. The highest BCUT2D eigenvalue weighted by Crippen LogP contribution is 2.24. The molecule has 0 saturated heterocycles. The van der Waals surface area contributed by atoms with Gasteiger partial charge in [-0.05, 0) is 42.5 Å². The number of rotatable bonds is 6. The molecule has 2 rings (SSSR count). The third-order valence-electron chi connectivity index (χ3n) is 3.56. The summed E-state index contributed by atoms with van der Waals surface area (Å²) in [5.74, 6) is 0.143. The number of benzene rings is 1. The quantitative estimate of drug-likeness (QED) is 0.813. The van der Waals surface area contributed by atoms with E-state index >= 15 is 0 Å². The van der Waals surface area contributed by atoms with Crippen LogP contribution in [-0.4, -0.2) is 33.3 Å². The normalized spacial score (nSPS) is 18.8. The lowest BCUT2D eigenvalue weighted by molar-refractivity contribution is 0.469. The van der Waals surface area contributed by atoms with Gasteiger partial charge in [0.2, 0.25) is 10.0 Å². The Morgan fingerprint density at radius 1 is 1.35 bits per heavy atom. The summed E-state index contributed by atoms with van der Waals surface area (Å²) >= 11 is 3.49. The number of halogens is 1. The van der Waals surface area contributed by atoms with Gasteiger partial charge in [0.05, 0.1) is 5.75 Å². The molecule has 1 aliphatic rings. The highest BCUT2D eigenvalue weighted by Gasteiger charge is 2.19. The van der Waals surface area contributed by atoms with Gasteiger partial charge in [0.15, 0.2) is 0 Å². The minimum absolute atomic E-state index is 0.143. The number of fused-ring (bicyclic) bond motifs is 1. The molecule has 0 radical (unpaired) electrons. The summed E-state index contributed by atoms with van der Waals surface area (Å²) in [5.41, 5.74) is 2.77. The molecule has 0 spiro atoms. The second kappa shape index (κ2) is 7.02. The molecule has 0 aliphatic heterocycles. The molecule has 0 amide bonds. The van der Waals surface area contributed by atoms with Crippen molar-refractivity contribution >= 4 is 26.0 Å². The fourth-order valence-corrected chi connectivity index (χ4v) is 3.97. The van der Waals surface area contributed by atoms with Gasteiger partial charge in [-0.1, -0.05) is 28.9 Å². The van der Waals surface area contributed by atoms with E-state index in [0.717, 1.165) is 23.7 Å². The Labute approximate surface area is 129 Å². The highest BCUT2D eigenvalue weighted by molar-refractivity contribution is 9.10. The van der Waals surface area contributed by atoms with Crippen LogP contribution in [0.15, 0.2) is 22.7 Å². The molecule has 1 aliphatic carbocycles. The largest absolute Gasteiger partial charge is 0.313 e. The van der Waals surface area contributed by atoms with E-state index in [-0.39, 0.29) is 5.75 Å². The van der Waals surface area contributed by atoms with Crippen LogP contribution in [0.25, 0.3) is 0 Å². The van der Waals surface area contributed by atoms with Crippen molar-refractivity contribution in [2.75, 3.05) is 18.8 Å². The Hall–Kier alpha value is -0.430. The Morgan fingerprint density at radius 2 is 2.15 bits per heavy atom. The Kier molecular flexibility index (Phi) is 5.60. The van der Waals surface area contributed by atoms with E-state index in [4.69, 9.17) is 0 Å². The lowest BCUT2D eigenvalue weighted by Gasteiger charge is -2.25. The van der Waals surface area contributed by atoms with Crippen molar-refractivity contribution in [1.82, 2.24) is 10.0 Å². The van der Waals surface area contributed by atoms with Gasteiger partial charge < -0.3 is 5.32 Å². The summed E-state index contributed by atoms with van der Waals surface area (Å²) in [6.07, 6.45) is 3.08. The summed E-state index contributed by atoms with van der Waals surface area (Å²) in [4.78, 5) is 0. The fraction of sp³-hybridized carbons (Fsp3) is 0.571. The molecule has 0 saturated carbocycles. The number of hydrogen-bond acceptors (Lipinski definition) is 3. The van der Waals surface area contributed by atoms with Crippen molar-refractivity contribution in [2.45, 2.75) is 32.2 Å². The molecule has 1 aromatic rings.